The molecule has 4 nitrogen and oxygen atoms in total. The van der Waals surface area contributed by atoms with E-state index in [1.807, 2.05) is 18.6 Å². The van der Waals surface area contributed by atoms with Crippen molar-refractivity contribution in [1.29, 1.82) is 0 Å². The highest BCUT2D eigenvalue weighted by Crippen LogP contribution is 2.39. The molecule has 2 aromatic carbocycles. The molecule has 1 saturated heterocycles. The van der Waals surface area contributed by atoms with Crippen molar-refractivity contribution in [2.24, 2.45) is 5.92 Å². The Morgan fingerprint density at radius 2 is 1.97 bits per heavy atom. The van der Waals surface area contributed by atoms with Gasteiger partial charge in [0.2, 0.25) is 5.91 Å². The normalized spacial score (nSPS) is 20.6. The highest BCUT2D eigenvalue weighted by atomic mass is 35.5. The SMILES string of the molecule is Cc1ccc(Cn2cncc2CC[C@H]2CCN([C@@H]3CCCc4ccc(Cl)cc43)C2=O)cc1. The van der Waals surface area contributed by atoms with Gasteiger partial charge in [0.05, 0.1) is 12.4 Å². The highest BCUT2D eigenvalue weighted by molar-refractivity contribution is 6.30. The second-order valence-corrected chi connectivity index (χ2v) is 9.74. The number of hydrogen-bond donors (Lipinski definition) is 0. The molecule has 166 valence electrons. The van der Waals surface area contributed by atoms with E-state index in [-0.39, 0.29) is 12.0 Å². The van der Waals surface area contributed by atoms with Crippen molar-refractivity contribution in [3.05, 3.63) is 88.0 Å². The van der Waals surface area contributed by atoms with Gasteiger partial charge in [0.15, 0.2) is 0 Å². The number of imidazole rings is 1. The van der Waals surface area contributed by atoms with Gasteiger partial charge in [-0.05, 0) is 74.3 Å². The van der Waals surface area contributed by atoms with Crippen molar-refractivity contribution in [1.82, 2.24) is 14.5 Å². The zero-order valence-electron chi connectivity index (χ0n) is 18.6. The number of benzene rings is 2. The summed E-state index contributed by atoms with van der Waals surface area (Å²) in [4.78, 5) is 19.8. The Morgan fingerprint density at radius 3 is 2.81 bits per heavy atom. The molecule has 2 atom stereocenters. The monoisotopic (exact) mass is 447 g/mol. The van der Waals surface area contributed by atoms with Gasteiger partial charge in [-0.2, -0.15) is 0 Å². The molecule has 5 heteroatoms. The van der Waals surface area contributed by atoms with E-state index in [9.17, 15) is 4.79 Å². The first-order valence-electron chi connectivity index (χ1n) is 11.7. The third kappa shape index (κ3) is 4.33. The van der Waals surface area contributed by atoms with E-state index in [1.54, 1.807) is 0 Å². The summed E-state index contributed by atoms with van der Waals surface area (Å²) < 4.78 is 2.21. The molecule has 32 heavy (non-hydrogen) atoms. The fraction of sp³-hybridized carbons (Fsp3) is 0.407. The van der Waals surface area contributed by atoms with E-state index in [0.717, 1.165) is 56.6 Å². The smallest absolute Gasteiger partial charge is 0.226 e. The van der Waals surface area contributed by atoms with Gasteiger partial charge in [0.1, 0.15) is 0 Å². The molecule has 0 bridgehead atoms. The summed E-state index contributed by atoms with van der Waals surface area (Å²) in [5, 5.41) is 0.765. The maximum Gasteiger partial charge on any atom is 0.226 e. The predicted molar refractivity (Wildman–Crippen MR) is 128 cm³/mol. The average molecular weight is 448 g/mol. The lowest BCUT2D eigenvalue weighted by molar-refractivity contribution is -0.133. The van der Waals surface area contributed by atoms with Gasteiger partial charge in [0, 0.05) is 35.9 Å². The molecule has 1 fully saturated rings. The molecular formula is C27H30ClN3O. The van der Waals surface area contributed by atoms with Crippen LogP contribution in [-0.4, -0.2) is 26.9 Å². The number of nitrogens with zero attached hydrogens (tertiary/aromatic N) is 3. The molecule has 1 aliphatic heterocycles. The number of fused-ring (bicyclic) bond motifs is 1. The van der Waals surface area contributed by atoms with Crippen LogP contribution < -0.4 is 0 Å². The van der Waals surface area contributed by atoms with E-state index >= 15 is 0 Å². The lowest BCUT2D eigenvalue weighted by Crippen LogP contribution is -2.34. The summed E-state index contributed by atoms with van der Waals surface area (Å²) in [5.74, 6) is 0.412. The number of amides is 1. The standard InChI is InChI=1S/C27H30ClN3O/c1-19-5-7-20(8-6-19)17-30-18-29-16-24(30)12-10-22-13-14-31(27(22)32)26-4-2-3-21-9-11-23(28)15-25(21)26/h5-9,11,15-16,18,22,26H,2-4,10,12-14,17H2,1H3/t22-,26+/m0/s1. The third-order valence-corrected chi connectivity index (χ3v) is 7.37. The number of hydrogen-bond acceptors (Lipinski definition) is 2. The van der Waals surface area contributed by atoms with Gasteiger partial charge in [0.25, 0.3) is 0 Å². The predicted octanol–water partition coefficient (Wildman–Crippen LogP) is 5.75. The Hall–Kier alpha value is -2.59. The average Bonchev–Trinajstić information content (AvgIpc) is 3.39. The minimum atomic E-state index is 0.0993. The van der Waals surface area contributed by atoms with Gasteiger partial charge in [-0.25, -0.2) is 4.98 Å². The van der Waals surface area contributed by atoms with Crippen LogP contribution in [0.3, 0.4) is 0 Å². The molecule has 0 radical (unpaired) electrons. The van der Waals surface area contributed by atoms with Crippen LogP contribution in [0.2, 0.25) is 5.02 Å². The Morgan fingerprint density at radius 1 is 1.12 bits per heavy atom. The van der Waals surface area contributed by atoms with Gasteiger partial charge < -0.3 is 9.47 Å². The Labute approximate surface area is 195 Å². The van der Waals surface area contributed by atoms with Crippen LogP contribution in [-0.2, 0) is 24.2 Å². The van der Waals surface area contributed by atoms with E-state index in [2.05, 4.69) is 57.8 Å². The molecule has 0 spiro atoms. The fourth-order valence-corrected chi connectivity index (χ4v) is 5.50. The van der Waals surface area contributed by atoms with Crippen molar-refractivity contribution >= 4 is 17.5 Å². The molecule has 2 heterocycles. The van der Waals surface area contributed by atoms with Gasteiger partial charge in [-0.15, -0.1) is 0 Å². The first-order chi connectivity index (χ1) is 15.6. The van der Waals surface area contributed by atoms with Gasteiger partial charge >= 0.3 is 0 Å². The van der Waals surface area contributed by atoms with Crippen molar-refractivity contribution in [3.8, 4) is 0 Å². The summed E-state index contributed by atoms with van der Waals surface area (Å²) in [5.41, 5.74) is 6.35. The van der Waals surface area contributed by atoms with Crippen LogP contribution in [0.5, 0.6) is 0 Å². The molecule has 0 saturated carbocycles. The number of carbonyl (C=O) groups is 1. The lowest BCUT2D eigenvalue weighted by atomic mass is 9.87. The maximum absolute atomic E-state index is 13.3. The number of aryl methyl sites for hydroxylation is 3. The molecule has 0 N–H and O–H groups in total. The minimum absolute atomic E-state index is 0.0993. The topological polar surface area (TPSA) is 38.1 Å². The van der Waals surface area contributed by atoms with Crippen LogP contribution in [0.4, 0.5) is 0 Å². The number of carbonyl (C=O) groups excluding carboxylic acids is 1. The first kappa shape index (κ1) is 21.3. The summed E-state index contributed by atoms with van der Waals surface area (Å²) in [6.45, 7) is 3.78. The third-order valence-electron chi connectivity index (χ3n) is 7.14. The molecule has 2 aliphatic rings. The number of aromatic nitrogens is 2. The summed E-state index contributed by atoms with van der Waals surface area (Å²) >= 11 is 6.29. The van der Waals surface area contributed by atoms with Crippen LogP contribution in [0, 0.1) is 12.8 Å². The molecule has 1 amide bonds. The number of rotatable bonds is 6. The molecule has 3 aromatic rings. The quantitative estimate of drug-likeness (QED) is 0.482. The zero-order chi connectivity index (χ0) is 22.1. The van der Waals surface area contributed by atoms with Gasteiger partial charge in [-0.3, -0.25) is 4.79 Å². The maximum atomic E-state index is 13.3. The minimum Gasteiger partial charge on any atom is -0.335 e. The van der Waals surface area contributed by atoms with Crippen molar-refractivity contribution in [2.45, 2.75) is 58.0 Å². The van der Waals surface area contributed by atoms with Crippen LogP contribution in [0.25, 0.3) is 0 Å². The van der Waals surface area contributed by atoms with Crippen molar-refractivity contribution < 1.29 is 4.79 Å². The van der Waals surface area contributed by atoms with E-state index < -0.39 is 0 Å². The summed E-state index contributed by atoms with van der Waals surface area (Å²) in [6, 6.07) is 15.0. The zero-order valence-corrected chi connectivity index (χ0v) is 19.4. The molecule has 1 aliphatic carbocycles. The lowest BCUT2D eigenvalue weighted by Gasteiger charge is -2.33. The summed E-state index contributed by atoms with van der Waals surface area (Å²) in [6.07, 6.45) is 9.80. The Balaban J connectivity index is 1.24. The van der Waals surface area contributed by atoms with E-state index in [4.69, 9.17) is 11.6 Å². The molecule has 0 unspecified atom stereocenters. The van der Waals surface area contributed by atoms with E-state index in [1.165, 1.54) is 27.9 Å². The molecule has 1 aromatic heterocycles. The molecular weight excluding hydrogens is 418 g/mol. The largest absolute Gasteiger partial charge is 0.335 e. The molecule has 5 rings (SSSR count). The number of likely N-dealkylation sites (tertiary alicyclic amines) is 1. The second-order valence-electron chi connectivity index (χ2n) is 9.31. The fourth-order valence-electron chi connectivity index (χ4n) is 5.32. The van der Waals surface area contributed by atoms with Crippen molar-refractivity contribution in [2.75, 3.05) is 6.54 Å². The van der Waals surface area contributed by atoms with Crippen LogP contribution >= 0.6 is 11.6 Å². The second kappa shape index (κ2) is 9.11. The summed E-state index contributed by atoms with van der Waals surface area (Å²) in [7, 11) is 0. The highest BCUT2D eigenvalue weighted by Gasteiger charge is 2.37. The van der Waals surface area contributed by atoms with Crippen LogP contribution in [0.1, 0.15) is 59.7 Å². The first-order valence-corrected chi connectivity index (χ1v) is 12.1. The Bertz CT molecular complexity index is 1100. The van der Waals surface area contributed by atoms with E-state index in [0.29, 0.717) is 5.91 Å². The van der Waals surface area contributed by atoms with Crippen LogP contribution in [0.15, 0.2) is 55.0 Å². The Kier molecular flexibility index (Phi) is 6.05. The number of halogens is 1. The van der Waals surface area contributed by atoms with Gasteiger partial charge in [-0.1, -0.05) is 47.5 Å². The van der Waals surface area contributed by atoms with Crippen molar-refractivity contribution in [3.63, 3.8) is 0 Å².